The Morgan fingerprint density at radius 3 is 2.89 bits per heavy atom. The molecule has 140 valence electrons. The van der Waals surface area contributed by atoms with Crippen LogP contribution in [0.4, 0.5) is 0 Å². The van der Waals surface area contributed by atoms with Gasteiger partial charge in [-0.3, -0.25) is 4.79 Å². The quantitative estimate of drug-likeness (QED) is 0.688. The fourth-order valence-corrected chi connectivity index (χ4v) is 4.09. The van der Waals surface area contributed by atoms with Crippen LogP contribution in [0.3, 0.4) is 0 Å². The highest BCUT2D eigenvalue weighted by molar-refractivity contribution is 7.98. The van der Waals surface area contributed by atoms with Gasteiger partial charge in [0.2, 0.25) is 0 Å². The number of thioether (sulfide) groups is 1. The van der Waals surface area contributed by atoms with Crippen molar-refractivity contribution in [3.8, 4) is 0 Å². The largest absolute Gasteiger partial charge is 0.352 e. The molecule has 2 heterocycles. The van der Waals surface area contributed by atoms with Crippen molar-refractivity contribution in [1.29, 1.82) is 0 Å². The third-order valence-electron chi connectivity index (χ3n) is 5.26. The lowest BCUT2D eigenvalue weighted by Crippen LogP contribution is -2.26. The summed E-state index contributed by atoms with van der Waals surface area (Å²) in [6.07, 6.45) is 9.62. The van der Waals surface area contributed by atoms with Crippen LogP contribution in [0.1, 0.15) is 40.5 Å². The van der Waals surface area contributed by atoms with Gasteiger partial charge in [0, 0.05) is 23.3 Å². The van der Waals surface area contributed by atoms with E-state index in [1.165, 1.54) is 21.7 Å². The second-order valence-electron chi connectivity index (χ2n) is 7.23. The number of hydrogen-bond donors (Lipinski definition) is 1. The number of aromatic nitrogens is 3. The molecule has 3 aromatic rings. The molecule has 1 aromatic carbocycles. The Morgan fingerprint density at radius 2 is 2.11 bits per heavy atom. The van der Waals surface area contributed by atoms with Crippen molar-refractivity contribution in [1.82, 2.24) is 19.9 Å². The van der Waals surface area contributed by atoms with E-state index in [1.807, 2.05) is 10.7 Å². The summed E-state index contributed by atoms with van der Waals surface area (Å²) in [7, 11) is 0. The summed E-state index contributed by atoms with van der Waals surface area (Å²) in [5.41, 5.74) is 4.88. The van der Waals surface area contributed by atoms with E-state index in [0.717, 1.165) is 25.7 Å². The van der Waals surface area contributed by atoms with E-state index in [9.17, 15) is 4.79 Å². The number of carbonyl (C=O) groups excluding carboxylic acids is 1. The number of aryl methyl sites for hydroxylation is 1. The van der Waals surface area contributed by atoms with E-state index >= 15 is 0 Å². The standard InChI is InChI=1S/C21H24N4OS/c1-14-3-8-19-16(11-14)12-23-20-18(13-24-25(19)20)21(26)22-10-9-15-4-6-17(27-2)7-5-15/h4-7,12-14H,3,8-11H2,1-2H3,(H,22,26)/t14-/m1/s1. The summed E-state index contributed by atoms with van der Waals surface area (Å²) in [6, 6.07) is 8.45. The molecule has 27 heavy (non-hydrogen) atoms. The van der Waals surface area contributed by atoms with E-state index < -0.39 is 0 Å². The van der Waals surface area contributed by atoms with Crippen LogP contribution in [0.5, 0.6) is 0 Å². The molecule has 1 N–H and O–H groups in total. The number of rotatable bonds is 5. The zero-order valence-electron chi connectivity index (χ0n) is 15.7. The third kappa shape index (κ3) is 3.72. The summed E-state index contributed by atoms with van der Waals surface area (Å²) in [6.45, 7) is 2.86. The molecule has 0 radical (unpaired) electrons. The zero-order valence-corrected chi connectivity index (χ0v) is 16.6. The van der Waals surface area contributed by atoms with Gasteiger partial charge in [-0.2, -0.15) is 5.10 Å². The Bertz CT molecular complexity index is 964. The minimum atomic E-state index is -0.109. The van der Waals surface area contributed by atoms with E-state index in [1.54, 1.807) is 18.0 Å². The van der Waals surface area contributed by atoms with Gasteiger partial charge in [-0.1, -0.05) is 19.1 Å². The first kappa shape index (κ1) is 18.0. The summed E-state index contributed by atoms with van der Waals surface area (Å²) >= 11 is 1.73. The first-order valence-electron chi connectivity index (χ1n) is 9.41. The van der Waals surface area contributed by atoms with Crippen molar-refractivity contribution in [2.45, 2.75) is 37.5 Å². The number of benzene rings is 1. The molecule has 2 aromatic heterocycles. The molecule has 6 heteroatoms. The first-order chi connectivity index (χ1) is 13.2. The molecule has 5 nitrogen and oxygen atoms in total. The highest BCUT2D eigenvalue weighted by Crippen LogP contribution is 2.25. The van der Waals surface area contributed by atoms with Crippen LogP contribution in [-0.2, 0) is 19.3 Å². The average Bonchev–Trinajstić information content (AvgIpc) is 3.12. The maximum absolute atomic E-state index is 12.6. The molecule has 0 saturated carbocycles. The molecule has 0 aliphatic heterocycles. The summed E-state index contributed by atoms with van der Waals surface area (Å²) < 4.78 is 1.86. The van der Waals surface area contributed by atoms with Crippen molar-refractivity contribution in [3.63, 3.8) is 0 Å². The molecule has 0 saturated heterocycles. The molecule has 0 fully saturated rings. The van der Waals surface area contributed by atoms with Gasteiger partial charge in [0.15, 0.2) is 5.65 Å². The SMILES string of the molecule is CSc1ccc(CCNC(=O)c2cnn3c4c(cnc23)C[C@H](C)CC4)cc1. The van der Waals surface area contributed by atoms with E-state index in [2.05, 4.69) is 52.8 Å². The van der Waals surface area contributed by atoms with Gasteiger partial charge in [0.1, 0.15) is 5.56 Å². The van der Waals surface area contributed by atoms with Gasteiger partial charge in [-0.15, -0.1) is 11.8 Å². The van der Waals surface area contributed by atoms with Crippen molar-refractivity contribution < 1.29 is 4.79 Å². The topological polar surface area (TPSA) is 59.3 Å². The molecule has 0 unspecified atom stereocenters. The zero-order chi connectivity index (χ0) is 18.8. The Balaban J connectivity index is 1.45. The van der Waals surface area contributed by atoms with Crippen LogP contribution in [0.2, 0.25) is 0 Å². The van der Waals surface area contributed by atoms with E-state index in [4.69, 9.17) is 0 Å². The second kappa shape index (κ2) is 7.72. The minimum absolute atomic E-state index is 0.109. The number of nitrogens with one attached hydrogen (secondary N) is 1. The van der Waals surface area contributed by atoms with Crippen LogP contribution in [0.15, 0.2) is 41.6 Å². The van der Waals surface area contributed by atoms with Crippen LogP contribution in [0.25, 0.3) is 5.65 Å². The van der Waals surface area contributed by atoms with Crippen LogP contribution in [0, 0.1) is 5.92 Å². The van der Waals surface area contributed by atoms with E-state index in [0.29, 0.717) is 23.7 Å². The van der Waals surface area contributed by atoms with Crippen molar-refractivity contribution in [3.05, 3.63) is 59.0 Å². The van der Waals surface area contributed by atoms with Crippen molar-refractivity contribution >= 4 is 23.3 Å². The highest BCUT2D eigenvalue weighted by atomic mass is 32.2. The van der Waals surface area contributed by atoms with Gasteiger partial charge in [-0.25, -0.2) is 9.50 Å². The number of hydrogen-bond acceptors (Lipinski definition) is 4. The van der Waals surface area contributed by atoms with E-state index in [-0.39, 0.29) is 5.91 Å². The number of amides is 1. The summed E-state index contributed by atoms with van der Waals surface area (Å²) in [4.78, 5) is 18.4. The lowest BCUT2D eigenvalue weighted by atomic mass is 9.89. The third-order valence-corrected chi connectivity index (χ3v) is 6.00. The highest BCUT2D eigenvalue weighted by Gasteiger charge is 2.21. The van der Waals surface area contributed by atoms with Gasteiger partial charge in [-0.05, 0) is 61.1 Å². The van der Waals surface area contributed by atoms with Crippen molar-refractivity contribution in [2.24, 2.45) is 5.92 Å². The van der Waals surface area contributed by atoms with Crippen LogP contribution >= 0.6 is 11.8 Å². The van der Waals surface area contributed by atoms with Gasteiger partial charge >= 0.3 is 0 Å². The first-order valence-corrected chi connectivity index (χ1v) is 10.6. The average molecular weight is 381 g/mol. The maximum Gasteiger partial charge on any atom is 0.256 e. The Hall–Kier alpha value is -2.34. The predicted octanol–water partition coefficient (Wildman–Crippen LogP) is 3.55. The van der Waals surface area contributed by atoms with Gasteiger partial charge in [0.25, 0.3) is 5.91 Å². The van der Waals surface area contributed by atoms with Crippen molar-refractivity contribution in [2.75, 3.05) is 12.8 Å². The summed E-state index contributed by atoms with van der Waals surface area (Å²) in [5, 5.41) is 7.46. The molecule has 4 rings (SSSR count). The lowest BCUT2D eigenvalue weighted by molar-refractivity contribution is 0.0955. The predicted molar refractivity (Wildman–Crippen MR) is 108 cm³/mol. The fraction of sp³-hybridized carbons (Fsp3) is 0.381. The Labute approximate surface area is 163 Å². The van der Waals surface area contributed by atoms with Gasteiger partial charge < -0.3 is 5.32 Å². The molecule has 1 aliphatic rings. The molecular weight excluding hydrogens is 356 g/mol. The monoisotopic (exact) mass is 380 g/mol. The number of carbonyl (C=O) groups is 1. The normalized spacial score (nSPS) is 16.3. The molecule has 1 aliphatic carbocycles. The number of fused-ring (bicyclic) bond motifs is 3. The minimum Gasteiger partial charge on any atom is -0.352 e. The van der Waals surface area contributed by atoms with Gasteiger partial charge in [0.05, 0.1) is 6.20 Å². The van der Waals surface area contributed by atoms with Crippen LogP contribution < -0.4 is 5.32 Å². The second-order valence-corrected chi connectivity index (χ2v) is 8.11. The van der Waals surface area contributed by atoms with Crippen LogP contribution in [-0.4, -0.2) is 33.3 Å². The summed E-state index contributed by atoms with van der Waals surface area (Å²) in [5.74, 6) is 0.572. The Kier molecular flexibility index (Phi) is 5.16. The fourth-order valence-electron chi connectivity index (χ4n) is 3.68. The Morgan fingerprint density at radius 1 is 1.30 bits per heavy atom. The molecule has 1 atom stereocenters. The number of nitrogens with zero attached hydrogens (tertiary/aromatic N) is 3. The molecule has 0 spiro atoms. The smallest absolute Gasteiger partial charge is 0.256 e. The maximum atomic E-state index is 12.6. The lowest BCUT2D eigenvalue weighted by Gasteiger charge is -2.21. The molecular formula is C21H24N4OS. The molecule has 1 amide bonds. The molecule has 0 bridgehead atoms.